The number of hydrazone groups is 1. The molecule has 1 aromatic carbocycles. The minimum atomic E-state index is 0.758. The maximum atomic E-state index is 5.78. The highest BCUT2D eigenvalue weighted by molar-refractivity contribution is 5.79. The molecule has 0 saturated carbocycles. The summed E-state index contributed by atoms with van der Waals surface area (Å²) in [5.74, 6) is 6.88. The first-order valence-electron chi connectivity index (χ1n) is 7.46. The Labute approximate surface area is 121 Å². The fraction of sp³-hybridized carbons (Fsp3) is 0.562. The molecule has 0 aliphatic carbocycles. The largest absolute Gasteiger partial charge is 0.494 e. The third kappa shape index (κ3) is 4.85. The minimum absolute atomic E-state index is 0.758. The van der Waals surface area contributed by atoms with E-state index in [2.05, 4.69) is 16.9 Å². The molecule has 0 aromatic heterocycles. The van der Waals surface area contributed by atoms with Crippen LogP contribution in [0.15, 0.2) is 29.4 Å². The van der Waals surface area contributed by atoms with E-state index in [9.17, 15) is 0 Å². The van der Waals surface area contributed by atoms with E-state index >= 15 is 0 Å². The average Bonchev–Trinajstić information content (AvgIpc) is 2.45. The first kappa shape index (κ1) is 14.9. The van der Waals surface area contributed by atoms with Crippen molar-refractivity contribution in [3.63, 3.8) is 0 Å². The molecule has 0 radical (unpaired) electrons. The number of likely N-dealkylation sites (tertiary alicyclic amines) is 1. The van der Waals surface area contributed by atoms with Crippen molar-refractivity contribution in [1.82, 2.24) is 4.90 Å². The van der Waals surface area contributed by atoms with Gasteiger partial charge in [0.1, 0.15) is 5.75 Å². The fourth-order valence-corrected chi connectivity index (χ4v) is 2.74. The van der Waals surface area contributed by atoms with E-state index in [1.165, 1.54) is 25.9 Å². The number of nitrogens with two attached hydrogens (primary N) is 1. The van der Waals surface area contributed by atoms with Gasteiger partial charge in [-0.15, -0.1) is 0 Å². The highest BCUT2D eigenvalue weighted by Crippen LogP contribution is 2.16. The van der Waals surface area contributed by atoms with Crippen molar-refractivity contribution in [2.75, 3.05) is 26.2 Å². The van der Waals surface area contributed by atoms with Crippen LogP contribution in [-0.2, 0) is 0 Å². The van der Waals surface area contributed by atoms with Crippen molar-refractivity contribution < 1.29 is 4.74 Å². The second kappa shape index (κ2) is 7.90. The first-order valence-corrected chi connectivity index (χ1v) is 7.46. The minimum Gasteiger partial charge on any atom is -0.494 e. The summed E-state index contributed by atoms with van der Waals surface area (Å²) in [4.78, 5) is 2.55. The van der Waals surface area contributed by atoms with Crippen molar-refractivity contribution in [2.24, 2.45) is 16.9 Å². The second-order valence-electron chi connectivity index (χ2n) is 5.60. The van der Waals surface area contributed by atoms with E-state index < -0.39 is 0 Å². The second-order valence-corrected chi connectivity index (χ2v) is 5.60. The van der Waals surface area contributed by atoms with Gasteiger partial charge in [-0.2, -0.15) is 5.10 Å². The van der Waals surface area contributed by atoms with Gasteiger partial charge in [0.2, 0.25) is 0 Å². The molecule has 110 valence electrons. The SMILES string of the molecule is CC1CCCN(CCCOc2cccc(C=NN)c2)C1. The van der Waals surface area contributed by atoms with Crippen LogP contribution in [0.4, 0.5) is 0 Å². The zero-order chi connectivity index (χ0) is 14.2. The molecular formula is C16H25N3O. The van der Waals surface area contributed by atoms with E-state index in [0.29, 0.717) is 0 Å². The summed E-state index contributed by atoms with van der Waals surface area (Å²) in [6.07, 6.45) is 5.41. The Morgan fingerprint density at radius 1 is 1.50 bits per heavy atom. The molecule has 1 fully saturated rings. The monoisotopic (exact) mass is 275 g/mol. The van der Waals surface area contributed by atoms with Gasteiger partial charge in [0.25, 0.3) is 0 Å². The van der Waals surface area contributed by atoms with Gasteiger partial charge in [0.05, 0.1) is 12.8 Å². The first-order chi connectivity index (χ1) is 9.78. The third-order valence-electron chi connectivity index (χ3n) is 3.71. The number of hydrogen-bond donors (Lipinski definition) is 1. The van der Waals surface area contributed by atoms with Crippen molar-refractivity contribution in [3.05, 3.63) is 29.8 Å². The van der Waals surface area contributed by atoms with Crippen molar-refractivity contribution in [3.8, 4) is 5.75 Å². The van der Waals surface area contributed by atoms with Gasteiger partial charge >= 0.3 is 0 Å². The lowest BCUT2D eigenvalue weighted by molar-refractivity contribution is 0.170. The Kier molecular flexibility index (Phi) is 5.87. The molecule has 0 bridgehead atoms. The van der Waals surface area contributed by atoms with Crippen LogP contribution in [0.5, 0.6) is 5.75 Å². The van der Waals surface area contributed by atoms with Crippen LogP contribution in [0.2, 0.25) is 0 Å². The molecule has 4 heteroatoms. The Bertz CT molecular complexity index is 433. The summed E-state index contributed by atoms with van der Waals surface area (Å²) in [7, 11) is 0. The molecule has 2 rings (SSSR count). The standard InChI is InChI=1S/C16H25N3O/c1-14-5-3-8-19(13-14)9-4-10-20-16-7-2-6-15(11-16)12-18-17/h2,6-7,11-12,14H,3-5,8-10,13,17H2,1H3. The number of rotatable bonds is 6. The van der Waals surface area contributed by atoms with Crippen LogP contribution >= 0.6 is 0 Å². The molecule has 1 unspecified atom stereocenters. The zero-order valence-corrected chi connectivity index (χ0v) is 12.3. The van der Waals surface area contributed by atoms with E-state index in [1.807, 2.05) is 24.3 Å². The van der Waals surface area contributed by atoms with Crippen molar-refractivity contribution in [2.45, 2.75) is 26.2 Å². The lowest BCUT2D eigenvalue weighted by atomic mass is 10.0. The van der Waals surface area contributed by atoms with Gasteiger partial charge in [0.15, 0.2) is 0 Å². The van der Waals surface area contributed by atoms with E-state index in [4.69, 9.17) is 10.6 Å². The van der Waals surface area contributed by atoms with Gasteiger partial charge in [-0.05, 0) is 49.4 Å². The number of nitrogens with zero attached hydrogens (tertiary/aromatic N) is 2. The maximum absolute atomic E-state index is 5.78. The molecule has 1 atom stereocenters. The molecule has 1 aliphatic heterocycles. The topological polar surface area (TPSA) is 50.8 Å². The number of piperidine rings is 1. The molecule has 2 N–H and O–H groups in total. The summed E-state index contributed by atoms with van der Waals surface area (Å²) >= 11 is 0. The zero-order valence-electron chi connectivity index (χ0n) is 12.3. The van der Waals surface area contributed by atoms with Crippen LogP contribution in [0.25, 0.3) is 0 Å². The molecule has 0 amide bonds. The summed E-state index contributed by atoms with van der Waals surface area (Å²) in [5.41, 5.74) is 0.967. The van der Waals surface area contributed by atoms with E-state index in [-0.39, 0.29) is 0 Å². The van der Waals surface area contributed by atoms with Crippen LogP contribution < -0.4 is 10.6 Å². The lowest BCUT2D eigenvalue weighted by Gasteiger charge is -2.30. The van der Waals surface area contributed by atoms with Gasteiger partial charge < -0.3 is 15.5 Å². The van der Waals surface area contributed by atoms with Gasteiger partial charge in [-0.1, -0.05) is 19.1 Å². The highest BCUT2D eigenvalue weighted by atomic mass is 16.5. The van der Waals surface area contributed by atoms with E-state index in [0.717, 1.165) is 36.8 Å². The number of benzene rings is 1. The normalized spacial score (nSPS) is 20.4. The van der Waals surface area contributed by atoms with Crippen molar-refractivity contribution in [1.29, 1.82) is 0 Å². The molecule has 1 heterocycles. The average molecular weight is 275 g/mol. The Hall–Kier alpha value is -1.55. The van der Waals surface area contributed by atoms with Gasteiger partial charge in [0, 0.05) is 13.1 Å². The smallest absolute Gasteiger partial charge is 0.119 e. The maximum Gasteiger partial charge on any atom is 0.119 e. The quantitative estimate of drug-likeness (QED) is 0.375. The highest BCUT2D eigenvalue weighted by Gasteiger charge is 2.15. The molecule has 4 nitrogen and oxygen atoms in total. The summed E-state index contributed by atoms with van der Waals surface area (Å²) in [5, 5.41) is 3.52. The molecule has 1 aliphatic rings. The predicted molar refractivity (Wildman–Crippen MR) is 83.2 cm³/mol. The van der Waals surface area contributed by atoms with Crippen LogP contribution in [0.1, 0.15) is 31.7 Å². The molecule has 0 spiro atoms. The van der Waals surface area contributed by atoms with Gasteiger partial charge in [-0.25, -0.2) is 0 Å². The number of hydrogen-bond acceptors (Lipinski definition) is 4. The number of ether oxygens (including phenoxy) is 1. The fourth-order valence-electron chi connectivity index (χ4n) is 2.74. The molecule has 20 heavy (non-hydrogen) atoms. The Morgan fingerprint density at radius 2 is 2.40 bits per heavy atom. The third-order valence-corrected chi connectivity index (χ3v) is 3.71. The van der Waals surface area contributed by atoms with Gasteiger partial charge in [-0.3, -0.25) is 0 Å². The summed E-state index contributed by atoms with van der Waals surface area (Å²) in [6.45, 7) is 6.71. The van der Waals surface area contributed by atoms with Crippen LogP contribution in [0.3, 0.4) is 0 Å². The Morgan fingerprint density at radius 3 is 3.20 bits per heavy atom. The lowest BCUT2D eigenvalue weighted by Crippen LogP contribution is -2.35. The Balaban J connectivity index is 1.69. The van der Waals surface area contributed by atoms with Crippen LogP contribution in [0, 0.1) is 5.92 Å². The van der Waals surface area contributed by atoms with Crippen molar-refractivity contribution >= 4 is 6.21 Å². The summed E-state index contributed by atoms with van der Waals surface area (Å²) < 4.78 is 5.78. The predicted octanol–water partition coefficient (Wildman–Crippen LogP) is 2.48. The van der Waals surface area contributed by atoms with Crippen LogP contribution in [-0.4, -0.2) is 37.4 Å². The molecular weight excluding hydrogens is 250 g/mol. The van der Waals surface area contributed by atoms with E-state index in [1.54, 1.807) is 6.21 Å². The molecule has 1 aromatic rings. The summed E-state index contributed by atoms with van der Waals surface area (Å²) in [6, 6.07) is 7.84. The molecule has 1 saturated heterocycles.